The van der Waals surface area contributed by atoms with E-state index in [1.165, 1.54) is 4.88 Å². The number of Topliss-reactive ketones (excluding diaryl/α,β-unsaturated/α-hetero) is 1. The number of ketones is 1. The third-order valence-electron chi connectivity index (χ3n) is 8.17. The first-order chi connectivity index (χ1) is 18.8. The minimum atomic E-state index is -0.288. The second-order valence-corrected chi connectivity index (χ2v) is 12.5. The summed E-state index contributed by atoms with van der Waals surface area (Å²) in [5, 5.41) is 2.10. The quantitative estimate of drug-likeness (QED) is 0.211. The molecule has 7 heteroatoms. The molecule has 2 aromatic heterocycles. The molecule has 0 unspecified atom stereocenters. The van der Waals surface area contributed by atoms with Gasteiger partial charge in [-0.2, -0.15) is 0 Å². The lowest BCUT2D eigenvalue weighted by Gasteiger charge is -2.34. The van der Waals surface area contributed by atoms with E-state index in [1.807, 2.05) is 17.0 Å². The Labute approximate surface area is 237 Å². The van der Waals surface area contributed by atoms with E-state index < -0.39 is 0 Å². The fourth-order valence-corrected chi connectivity index (χ4v) is 6.77. The van der Waals surface area contributed by atoms with Gasteiger partial charge in [0.15, 0.2) is 5.78 Å². The fraction of sp³-hybridized carbons (Fsp3) is 0.594. The van der Waals surface area contributed by atoms with Crippen LogP contribution < -0.4 is 0 Å². The fourth-order valence-electron chi connectivity index (χ4n) is 6.07. The summed E-state index contributed by atoms with van der Waals surface area (Å²) in [6.45, 7) is 10.9. The largest absolute Gasteiger partial charge is 0.384 e. The Balaban J connectivity index is 1.55. The molecule has 3 aromatic rings. The average Bonchev–Trinajstić information content (AvgIpc) is 3.57. The Morgan fingerprint density at radius 1 is 1.13 bits per heavy atom. The van der Waals surface area contributed by atoms with Crippen LogP contribution in [0.3, 0.4) is 0 Å². The summed E-state index contributed by atoms with van der Waals surface area (Å²) in [5.74, 6) is 1.78. The van der Waals surface area contributed by atoms with Crippen molar-refractivity contribution in [1.29, 1.82) is 0 Å². The molecule has 0 bridgehead atoms. The first-order valence-corrected chi connectivity index (χ1v) is 15.6. The number of fused-ring (bicyclic) bond motifs is 1. The molecule has 3 heterocycles. The molecule has 1 aliphatic heterocycles. The highest BCUT2D eigenvalue weighted by atomic mass is 32.1. The van der Waals surface area contributed by atoms with Gasteiger partial charge in [-0.15, -0.1) is 11.3 Å². The van der Waals surface area contributed by atoms with E-state index in [9.17, 15) is 9.59 Å². The van der Waals surface area contributed by atoms with Crippen LogP contribution in [0.4, 0.5) is 0 Å². The van der Waals surface area contributed by atoms with E-state index in [2.05, 4.69) is 55.8 Å². The maximum absolute atomic E-state index is 13.6. The van der Waals surface area contributed by atoms with Crippen LogP contribution in [-0.4, -0.2) is 52.9 Å². The summed E-state index contributed by atoms with van der Waals surface area (Å²) in [7, 11) is 1.74. The minimum absolute atomic E-state index is 0.0297. The second kappa shape index (κ2) is 13.7. The highest BCUT2D eigenvalue weighted by molar-refractivity contribution is 7.09. The van der Waals surface area contributed by atoms with Crippen molar-refractivity contribution in [2.24, 2.45) is 17.8 Å². The zero-order chi connectivity index (χ0) is 27.9. The second-order valence-electron chi connectivity index (χ2n) is 11.5. The molecule has 0 spiro atoms. The summed E-state index contributed by atoms with van der Waals surface area (Å²) in [4.78, 5) is 35.4. The molecular formula is C32H45N3O3S. The first-order valence-electron chi connectivity index (χ1n) is 14.7. The summed E-state index contributed by atoms with van der Waals surface area (Å²) < 4.78 is 7.69. The third-order valence-corrected chi connectivity index (χ3v) is 9.05. The van der Waals surface area contributed by atoms with Crippen molar-refractivity contribution in [1.82, 2.24) is 14.5 Å². The molecule has 39 heavy (non-hydrogen) atoms. The summed E-state index contributed by atoms with van der Waals surface area (Å²) in [6.07, 6.45) is 5.74. The van der Waals surface area contributed by atoms with E-state index in [-0.39, 0.29) is 24.0 Å². The Morgan fingerprint density at radius 2 is 1.87 bits per heavy atom. The van der Waals surface area contributed by atoms with Gasteiger partial charge >= 0.3 is 0 Å². The van der Waals surface area contributed by atoms with Gasteiger partial charge in [0, 0.05) is 62.0 Å². The minimum Gasteiger partial charge on any atom is -0.384 e. The highest BCUT2D eigenvalue weighted by Gasteiger charge is 2.31. The van der Waals surface area contributed by atoms with Crippen molar-refractivity contribution in [2.75, 3.05) is 26.8 Å². The Bertz CT molecular complexity index is 1220. The summed E-state index contributed by atoms with van der Waals surface area (Å²) in [6, 6.07) is 10.5. The monoisotopic (exact) mass is 551 g/mol. The average molecular weight is 552 g/mol. The number of imidazole rings is 1. The number of carbonyl (C=O) groups is 2. The van der Waals surface area contributed by atoms with E-state index >= 15 is 0 Å². The lowest BCUT2D eigenvalue weighted by atomic mass is 9.88. The Kier molecular flexibility index (Phi) is 10.4. The summed E-state index contributed by atoms with van der Waals surface area (Å²) >= 11 is 1.75. The van der Waals surface area contributed by atoms with E-state index in [0.29, 0.717) is 23.4 Å². The Hall–Kier alpha value is -2.51. The molecule has 1 aliphatic rings. The molecule has 0 saturated carbocycles. The highest BCUT2D eigenvalue weighted by Crippen LogP contribution is 2.30. The number of benzene rings is 1. The molecule has 212 valence electrons. The number of ether oxygens (including phenoxy) is 1. The number of nitrogens with zero attached hydrogens (tertiary/aromatic N) is 3. The number of hydrogen-bond donors (Lipinski definition) is 0. The van der Waals surface area contributed by atoms with Gasteiger partial charge in [-0.25, -0.2) is 4.98 Å². The van der Waals surface area contributed by atoms with Crippen LogP contribution in [-0.2, 0) is 16.0 Å². The van der Waals surface area contributed by atoms with Crippen molar-refractivity contribution >= 4 is 34.1 Å². The molecule has 0 aliphatic carbocycles. The lowest BCUT2D eigenvalue weighted by molar-refractivity contribution is -0.137. The molecule has 1 fully saturated rings. The molecule has 1 saturated heterocycles. The number of rotatable bonds is 13. The number of methoxy groups -OCH3 is 1. The van der Waals surface area contributed by atoms with Crippen LogP contribution in [0.25, 0.3) is 11.0 Å². The molecular weight excluding hydrogens is 506 g/mol. The van der Waals surface area contributed by atoms with Gasteiger partial charge in [-0.1, -0.05) is 33.8 Å². The predicted octanol–water partition coefficient (Wildman–Crippen LogP) is 7.17. The maximum Gasteiger partial charge on any atom is 0.226 e. The molecule has 1 aromatic carbocycles. The zero-order valence-electron chi connectivity index (χ0n) is 24.3. The number of piperidine rings is 1. The molecule has 0 N–H and O–H groups in total. The van der Waals surface area contributed by atoms with Gasteiger partial charge in [0.05, 0.1) is 11.0 Å². The predicted molar refractivity (Wildman–Crippen MR) is 160 cm³/mol. The molecule has 6 nitrogen and oxygen atoms in total. The molecule has 1 amide bonds. The van der Waals surface area contributed by atoms with E-state index in [4.69, 9.17) is 9.72 Å². The topological polar surface area (TPSA) is 64.4 Å². The lowest BCUT2D eigenvalue weighted by Crippen LogP contribution is -2.43. The van der Waals surface area contributed by atoms with Crippen LogP contribution in [0.15, 0.2) is 35.7 Å². The number of hydrogen-bond acceptors (Lipinski definition) is 5. The van der Waals surface area contributed by atoms with Crippen LogP contribution in [0.5, 0.6) is 0 Å². The van der Waals surface area contributed by atoms with Gasteiger partial charge in [-0.05, 0) is 73.6 Å². The van der Waals surface area contributed by atoms with Crippen LogP contribution >= 0.6 is 11.3 Å². The van der Waals surface area contributed by atoms with Crippen molar-refractivity contribution in [3.8, 4) is 0 Å². The van der Waals surface area contributed by atoms with Crippen molar-refractivity contribution in [3.63, 3.8) is 0 Å². The van der Waals surface area contributed by atoms with Gasteiger partial charge in [0.25, 0.3) is 0 Å². The number of carbonyl (C=O) groups excluding carboxylic acids is 2. The maximum atomic E-state index is 13.6. The molecule has 0 radical (unpaired) electrons. The standard InChI is InChI=1S/C32H45N3O3S/c1-6-26(7-2)35-29-11-10-24(18-28(29)33-31(35)20-27-9-8-16-39-27)30(36)19-25(17-22(3)4)32(37)34-14-12-23(13-15-34)21-38-5/h8-11,16,18,22-23,25-26H,6-7,12-15,17,19-21H2,1-5H3/t25-/m1/s1. The Morgan fingerprint density at radius 3 is 2.49 bits per heavy atom. The number of amides is 1. The third kappa shape index (κ3) is 7.17. The van der Waals surface area contributed by atoms with E-state index in [1.54, 1.807) is 18.4 Å². The van der Waals surface area contributed by atoms with Crippen molar-refractivity contribution < 1.29 is 14.3 Å². The smallest absolute Gasteiger partial charge is 0.226 e. The van der Waals surface area contributed by atoms with Gasteiger partial charge < -0.3 is 14.2 Å². The van der Waals surface area contributed by atoms with Gasteiger partial charge in [0.1, 0.15) is 5.82 Å². The van der Waals surface area contributed by atoms with Gasteiger partial charge in [-0.3, -0.25) is 9.59 Å². The number of likely N-dealkylation sites (tertiary alicyclic amines) is 1. The first kappa shape index (κ1) is 29.5. The number of thiophene rings is 1. The van der Waals surface area contributed by atoms with Crippen LogP contribution in [0, 0.1) is 17.8 Å². The zero-order valence-corrected chi connectivity index (χ0v) is 25.1. The van der Waals surface area contributed by atoms with Crippen molar-refractivity contribution in [2.45, 2.75) is 78.7 Å². The van der Waals surface area contributed by atoms with Gasteiger partial charge in [0.2, 0.25) is 5.91 Å². The van der Waals surface area contributed by atoms with Crippen molar-refractivity contribution in [3.05, 3.63) is 52.0 Å². The molecule has 1 atom stereocenters. The molecule has 4 rings (SSSR count). The SMILES string of the molecule is CCC(CC)n1c(Cc2cccs2)nc2cc(C(=O)C[C@@H](CC(C)C)C(=O)N3CCC(COC)CC3)ccc21. The summed E-state index contributed by atoms with van der Waals surface area (Å²) in [5.41, 5.74) is 2.60. The van der Waals surface area contributed by atoms with Crippen LogP contribution in [0.2, 0.25) is 0 Å². The van der Waals surface area contributed by atoms with Crippen LogP contribution in [0.1, 0.15) is 93.3 Å². The van der Waals surface area contributed by atoms with E-state index in [0.717, 1.165) is 75.1 Å². The number of aromatic nitrogens is 2. The normalized spacial score (nSPS) is 15.5.